The Balaban J connectivity index is 1.59. The predicted molar refractivity (Wildman–Crippen MR) is 98.4 cm³/mol. The van der Waals surface area contributed by atoms with E-state index in [-0.39, 0.29) is 37.0 Å². The Morgan fingerprint density at radius 3 is 1.31 bits per heavy atom. The summed E-state index contributed by atoms with van der Waals surface area (Å²) in [6, 6.07) is 20.2. The molecule has 0 radical (unpaired) electrons. The molecule has 4 rings (SSSR count). The van der Waals surface area contributed by atoms with Gasteiger partial charge in [0.2, 0.25) is 0 Å². The van der Waals surface area contributed by atoms with Crippen molar-refractivity contribution in [3.05, 3.63) is 71.8 Å². The van der Waals surface area contributed by atoms with Crippen LogP contribution in [0.3, 0.4) is 0 Å². The lowest BCUT2D eigenvalue weighted by Gasteiger charge is -2.49. The van der Waals surface area contributed by atoms with Crippen LogP contribution in [0.25, 0.3) is 0 Å². The molecule has 2 heterocycles. The molecule has 2 aliphatic rings. The van der Waals surface area contributed by atoms with E-state index in [1.807, 2.05) is 60.7 Å². The minimum atomic E-state index is -0.378. The van der Waals surface area contributed by atoms with Crippen molar-refractivity contribution in [2.75, 3.05) is 0 Å². The van der Waals surface area contributed by atoms with Crippen molar-refractivity contribution >= 4 is 0 Å². The van der Waals surface area contributed by atoms with Gasteiger partial charge in [-0.1, -0.05) is 74.5 Å². The summed E-state index contributed by atoms with van der Waals surface area (Å²) in [6.45, 7) is 4.26. The summed E-state index contributed by atoms with van der Waals surface area (Å²) in [5, 5.41) is 0. The third kappa shape index (κ3) is 3.42. The molecule has 2 saturated heterocycles. The average Bonchev–Trinajstić information content (AvgIpc) is 2.73. The molecule has 2 aliphatic heterocycles. The first-order valence-corrected chi connectivity index (χ1v) is 9.52. The standard InChI is InChI=1S/C22H26O4/c1-3-17-19-20(26-21(23-17)15-11-7-5-8-12-15)18(4-2)24-22(25-19)16-13-9-6-10-14-16/h5-14,17-22H,3-4H2,1-2H3/t17-,18?,19?,20?,21?,22?/m1/s1. The van der Waals surface area contributed by atoms with Crippen LogP contribution in [0, 0.1) is 0 Å². The fraction of sp³-hybridized carbons (Fsp3) is 0.455. The molecule has 138 valence electrons. The molecule has 0 saturated carbocycles. The van der Waals surface area contributed by atoms with Gasteiger partial charge in [-0.2, -0.15) is 0 Å². The Kier molecular flexibility index (Phi) is 5.36. The van der Waals surface area contributed by atoms with E-state index >= 15 is 0 Å². The maximum absolute atomic E-state index is 6.32. The van der Waals surface area contributed by atoms with Gasteiger partial charge in [-0.3, -0.25) is 0 Å². The first kappa shape index (κ1) is 17.7. The fourth-order valence-electron chi connectivity index (χ4n) is 3.77. The third-order valence-electron chi connectivity index (χ3n) is 5.16. The predicted octanol–water partition coefficient (Wildman–Crippen LogP) is 4.77. The van der Waals surface area contributed by atoms with Gasteiger partial charge in [0, 0.05) is 11.1 Å². The van der Waals surface area contributed by atoms with Gasteiger partial charge in [0.25, 0.3) is 0 Å². The van der Waals surface area contributed by atoms with Gasteiger partial charge in [0.1, 0.15) is 12.2 Å². The van der Waals surface area contributed by atoms with Crippen LogP contribution in [0.4, 0.5) is 0 Å². The van der Waals surface area contributed by atoms with Crippen molar-refractivity contribution in [1.29, 1.82) is 0 Å². The van der Waals surface area contributed by atoms with Crippen molar-refractivity contribution in [3.8, 4) is 0 Å². The molecular weight excluding hydrogens is 328 g/mol. The van der Waals surface area contributed by atoms with Gasteiger partial charge < -0.3 is 18.9 Å². The molecular formula is C22H26O4. The normalized spacial score (nSPS) is 34.2. The molecule has 4 nitrogen and oxygen atoms in total. The van der Waals surface area contributed by atoms with Crippen LogP contribution in [-0.4, -0.2) is 24.4 Å². The lowest BCUT2D eigenvalue weighted by Crippen LogP contribution is -2.57. The second kappa shape index (κ2) is 7.89. The van der Waals surface area contributed by atoms with E-state index in [0.29, 0.717) is 0 Å². The number of ether oxygens (including phenoxy) is 4. The Morgan fingerprint density at radius 2 is 0.962 bits per heavy atom. The van der Waals surface area contributed by atoms with Crippen LogP contribution in [0.15, 0.2) is 60.7 Å². The number of hydrogen-bond acceptors (Lipinski definition) is 4. The molecule has 0 aliphatic carbocycles. The summed E-state index contributed by atoms with van der Waals surface area (Å²) >= 11 is 0. The second-order valence-corrected chi connectivity index (χ2v) is 6.85. The molecule has 0 N–H and O–H groups in total. The van der Waals surface area contributed by atoms with E-state index in [1.165, 1.54) is 0 Å². The zero-order valence-corrected chi connectivity index (χ0v) is 15.3. The van der Waals surface area contributed by atoms with Gasteiger partial charge in [0.15, 0.2) is 12.6 Å². The van der Waals surface area contributed by atoms with E-state index < -0.39 is 0 Å². The molecule has 26 heavy (non-hydrogen) atoms. The van der Waals surface area contributed by atoms with Crippen molar-refractivity contribution in [3.63, 3.8) is 0 Å². The van der Waals surface area contributed by atoms with Gasteiger partial charge in [-0.05, 0) is 12.8 Å². The van der Waals surface area contributed by atoms with Crippen LogP contribution >= 0.6 is 0 Å². The van der Waals surface area contributed by atoms with E-state index in [9.17, 15) is 0 Å². The molecule has 0 aromatic heterocycles. The van der Waals surface area contributed by atoms with E-state index in [4.69, 9.17) is 18.9 Å². The summed E-state index contributed by atoms with van der Waals surface area (Å²) < 4.78 is 25.2. The molecule has 4 heteroatoms. The van der Waals surface area contributed by atoms with Crippen LogP contribution in [0.5, 0.6) is 0 Å². The first-order chi connectivity index (χ1) is 12.8. The molecule has 2 fully saturated rings. The monoisotopic (exact) mass is 354 g/mol. The number of rotatable bonds is 4. The molecule has 5 unspecified atom stereocenters. The van der Waals surface area contributed by atoms with Crippen LogP contribution < -0.4 is 0 Å². The van der Waals surface area contributed by atoms with E-state index in [2.05, 4.69) is 13.8 Å². The van der Waals surface area contributed by atoms with Gasteiger partial charge in [0.05, 0.1) is 12.2 Å². The molecule has 0 bridgehead atoms. The maximum Gasteiger partial charge on any atom is 0.184 e. The smallest absolute Gasteiger partial charge is 0.184 e. The van der Waals surface area contributed by atoms with Crippen molar-refractivity contribution in [2.24, 2.45) is 0 Å². The summed E-state index contributed by atoms with van der Waals surface area (Å²) in [4.78, 5) is 0. The molecule has 0 spiro atoms. The zero-order valence-electron chi connectivity index (χ0n) is 15.3. The fourth-order valence-corrected chi connectivity index (χ4v) is 3.77. The van der Waals surface area contributed by atoms with E-state index in [0.717, 1.165) is 24.0 Å². The SMILES string of the molecule is CCC1OC(c2ccccc2)OC2C1OC(c1ccccc1)O[C@@H]2CC. The average molecular weight is 354 g/mol. The van der Waals surface area contributed by atoms with E-state index in [1.54, 1.807) is 0 Å². The lowest BCUT2D eigenvalue weighted by atomic mass is 9.95. The van der Waals surface area contributed by atoms with Crippen molar-refractivity contribution < 1.29 is 18.9 Å². The molecule has 6 atom stereocenters. The summed E-state index contributed by atoms with van der Waals surface area (Å²) in [5.41, 5.74) is 2.06. The molecule has 0 amide bonds. The Bertz CT molecular complexity index is 628. The summed E-state index contributed by atoms with van der Waals surface area (Å²) in [7, 11) is 0. The number of hydrogen-bond donors (Lipinski definition) is 0. The minimum absolute atomic E-state index is 0.0249. The first-order valence-electron chi connectivity index (χ1n) is 9.52. The Hall–Kier alpha value is -1.72. The number of fused-ring (bicyclic) bond motifs is 1. The van der Waals surface area contributed by atoms with Crippen LogP contribution in [0.2, 0.25) is 0 Å². The molecule has 2 aromatic rings. The lowest BCUT2D eigenvalue weighted by molar-refractivity contribution is -0.382. The highest BCUT2D eigenvalue weighted by molar-refractivity contribution is 5.18. The van der Waals surface area contributed by atoms with Crippen molar-refractivity contribution in [2.45, 2.75) is 63.7 Å². The zero-order chi connectivity index (χ0) is 17.9. The third-order valence-corrected chi connectivity index (χ3v) is 5.16. The summed E-state index contributed by atoms with van der Waals surface area (Å²) in [6.07, 6.45) is 0.658. The minimum Gasteiger partial charge on any atom is -0.342 e. The molecule has 2 aromatic carbocycles. The van der Waals surface area contributed by atoms with Gasteiger partial charge in [-0.15, -0.1) is 0 Å². The Morgan fingerprint density at radius 1 is 0.577 bits per heavy atom. The summed E-state index contributed by atoms with van der Waals surface area (Å²) in [5.74, 6) is 0. The maximum atomic E-state index is 6.32. The Labute approximate surface area is 155 Å². The quantitative estimate of drug-likeness (QED) is 0.792. The van der Waals surface area contributed by atoms with Gasteiger partial charge in [-0.25, -0.2) is 0 Å². The highest BCUT2D eigenvalue weighted by Gasteiger charge is 2.48. The second-order valence-electron chi connectivity index (χ2n) is 6.85. The highest BCUT2D eigenvalue weighted by atomic mass is 16.8. The topological polar surface area (TPSA) is 36.9 Å². The van der Waals surface area contributed by atoms with Gasteiger partial charge >= 0.3 is 0 Å². The van der Waals surface area contributed by atoms with Crippen molar-refractivity contribution in [1.82, 2.24) is 0 Å². The number of benzene rings is 2. The van der Waals surface area contributed by atoms with Crippen LogP contribution in [-0.2, 0) is 18.9 Å². The van der Waals surface area contributed by atoms with Crippen LogP contribution in [0.1, 0.15) is 50.4 Å². The highest BCUT2D eigenvalue weighted by Crippen LogP contribution is 2.41. The largest absolute Gasteiger partial charge is 0.342 e.